The number of amides is 2. The van der Waals surface area contributed by atoms with Crippen molar-refractivity contribution in [1.29, 1.82) is 0 Å². The van der Waals surface area contributed by atoms with Crippen LogP contribution in [0.3, 0.4) is 0 Å². The Labute approximate surface area is 187 Å². The third-order valence-corrected chi connectivity index (χ3v) is 6.24. The molecule has 5 rings (SSSR count). The van der Waals surface area contributed by atoms with Gasteiger partial charge in [-0.2, -0.15) is 0 Å². The van der Waals surface area contributed by atoms with E-state index in [4.69, 9.17) is 4.74 Å². The number of carboxylic acid groups (broad SMARTS) is 1. The first-order chi connectivity index (χ1) is 16.0. The molecule has 2 amide bonds. The highest BCUT2D eigenvalue weighted by Crippen LogP contribution is 2.44. The standard InChI is InChI=1S/C23H20N4O6/c28-20(25-23(21(29)30)10-5-11-23)18-19(27-33-26-18)24-22(31)32-12-17-15-8-3-1-6-13(15)14-7-2-4-9-16(14)17/h1-4,6-9,17H,5,10-12H2,(H,25,28)(H,29,30)(H,24,27,31). The van der Waals surface area contributed by atoms with Crippen molar-refractivity contribution in [3.8, 4) is 11.1 Å². The number of anilines is 1. The van der Waals surface area contributed by atoms with Crippen LogP contribution in [0.4, 0.5) is 10.6 Å². The van der Waals surface area contributed by atoms with Crippen molar-refractivity contribution >= 4 is 23.8 Å². The molecule has 0 spiro atoms. The second-order valence-corrected chi connectivity index (χ2v) is 8.11. The molecule has 0 bridgehead atoms. The summed E-state index contributed by atoms with van der Waals surface area (Å²) in [5.41, 5.74) is 2.67. The summed E-state index contributed by atoms with van der Waals surface area (Å²) >= 11 is 0. The largest absolute Gasteiger partial charge is 0.480 e. The van der Waals surface area contributed by atoms with Gasteiger partial charge >= 0.3 is 12.1 Å². The average Bonchev–Trinajstić information content (AvgIpc) is 3.37. The van der Waals surface area contributed by atoms with Crippen LogP contribution >= 0.6 is 0 Å². The van der Waals surface area contributed by atoms with Crippen molar-refractivity contribution in [1.82, 2.24) is 15.6 Å². The predicted molar refractivity (Wildman–Crippen MR) is 115 cm³/mol. The molecule has 0 aliphatic heterocycles. The molecule has 0 saturated heterocycles. The number of rotatable bonds is 6. The minimum atomic E-state index is -1.34. The maximum absolute atomic E-state index is 12.5. The van der Waals surface area contributed by atoms with Crippen molar-refractivity contribution in [2.24, 2.45) is 0 Å². The summed E-state index contributed by atoms with van der Waals surface area (Å²) in [5.74, 6) is -2.29. The number of aliphatic carboxylic acids is 1. The summed E-state index contributed by atoms with van der Waals surface area (Å²) < 4.78 is 10.0. The van der Waals surface area contributed by atoms with Gasteiger partial charge in [0.1, 0.15) is 12.1 Å². The molecule has 3 N–H and O–H groups in total. The fraction of sp³-hybridized carbons (Fsp3) is 0.261. The topological polar surface area (TPSA) is 144 Å². The van der Waals surface area contributed by atoms with E-state index in [0.29, 0.717) is 19.3 Å². The van der Waals surface area contributed by atoms with Crippen LogP contribution in [0, 0.1) is 0 Å². The van der Waals surface area contributed by atoms with Crippen LogP contribution in [0.1, 0.15) is 46.8 Å². The molecule has 1 aromatic heterocycles. The number of carbonyl (C=O) groups excluding carboxylic acids is 2. The SMILES string of the molecule is O=C(Nc1nonc1C(=O)NC1(C(=O)O)CCC1)OCC1c2ccccc2-c2ccccc21. The van der Waals surface area contributed by atoms with Crippen LogP contribution in [0.25, 0.3) is 11.1 Å². The molecule has 33 heavy (non-hydrogen) atoms. The maximum atomic E-state index is 12.5. The van der Waals surface area contributed by atoms with Gasteiger partial charge in [0.2, 0.25) is 11.5 Å². The highest BCUT2D eigenvalue weighted by Gasteiger charge is 2.46. The van der Waals surface area contributed by atoms with Crippen LogP contribution in [-0.4, -0.2) is 45.5 Å². The van der Waals surface area contributed by atoms with Gasteiger partial charge in [-0.15, -0.1) is 0 Å². The lowest BCUT2D eigenvalue weighted by atomic mass is 9.76. The number of ether oxygens (including phenoxy) is 1. The van der Waals surface area contributed by atoms with E-state index >= 15 is 0 Å². The number of hydrogen-bond donors (Lipinski definition) is 3. The number of carbonyl (C=O) groups is 3. The highest BCUT2D eigenvalue weighted by molar-refractivity contribution is 6.02. The van der Waals surface area contributed by atoms with Crippen molar-refractivity contribution in [2.45, 2.75) is 30.7 Å². The van der Waals surface area contributed by atoms with E-state index < -0.39 is 23.5 Å². The lowest BCUT2D eigenvalue weighted by Gasteiger charge is -2.37. The number of benzene rings is 2. The van der Waals surface area contributed by atoms with Gasteiger partial charge < -0.3 is 15.2 Å². The van der Waals surface area contributed by atoms with E-state index in [9.17, 15) is 19.5 Å². The van der Waals surface area contributed by atoms with Gasteiger partial charge in [-0.1, -0.05) is 48.5 Å². The summed E-state index contributed by atoms with van der Waals surface area (Å²) in [6, 6.07) is 15.9. The van der Waals surface area contributed by atoms with Gasteiger partial charge in [0.05, 0.1) is 0 Å². The molecule has 2 aliphatic carbocycles. The zero-order chi connectivity index (χ0) is 23.0. The van der Waals surface area contributed by atoms with Gasteiger partial charge in [0, 0.05) is 5.92 Å². The highest BCUT2D eigenvalue weighted by atomic mass is 16.6. The summed E-state index contributed by atoms with van der Waals surface area (Å²) in [6.45, 7) is 0.0782. The second kappa shape index (κ2) is 8.05. The monoisotopic (exact) mass is 448 g/mol. The molecule has 1 saturated carbocycles. The molecule has 1 heterocycles. The van der Waals surface area contributed by atoms with Gasteiger partial charge in [-0.25, -0.2) is 14.2 Å². The van der Waals surface area contributed by atoms with Crippen molar-refractivity contribution in [2.75, 3.05) is 11.9 Å². The number of nitrogens with zero attached hydrogens (tertiary/aromatic N) is 2. The van der Waals surface area contributed by atoms with Crippen molar-refractivity contribution < 1.29 is 28.9 Å². The Bertz CT molecular complexity index is 1200. The van der Waals surface area contributed by atoms with E-state index in [1.807, 2.05) is 48.5 Å². The van der Waals surface area contributed by atoms with E-state index in [1.54, 1.807) is 0 Å². The number of hydrogen-bond acceptors (Lipinski definition) is 7. The van der Waals surface area contributed by atoms with Gasteiger partial charge in [0.25, 0.3) is 5.91 Å². The van der Waals surface area contributed by atoms with Crippen molar-refractivity contribution in [3.05, 3.63) is 65.4 Å². The van der Waals surface area contributed by atoms with E-state index in [2.05, 4.69) is 25.6 Å². The summed E-state index contributed by atoms with van der Waals surface area (Å²) in [4.78, 5) is 36.5. The maximum Gasteiger partial charge on any atom is 0.412 e. The third-order valence-electron chi connectivity index (χ3n) is 6.24. The Morgan fingerprint density at radius 3 is 2.24 bits per heavy atom. The Hall–Kier alpha value is -4.21. The summed E-state index contributed by atoms with van der Waals surface area (Å²) in [5, 5.41) is 21.3. The molecule has 0 radical (unpaired) electrons. The van der Waals surface area contributed by atoms with Gasteiger partial charge in [0.15, 0.2) is 0 Å². The molecular weight excluding hydrogens is 428 g/mol. The number of carboxylic acids is 1. The molecule has 1 fully saturated rings. The Morgan fingerprint density at radius 2 is 1.67 bits per heavy atom. The number of nitrogens with one attached hydrogen (secondary N) is 2. The molecule has 2 aliphatic rings. The lowest BCUT2D eigenvalue weighted by Crippen LogP contribution is -2.59. The van der Waals surface area contributed by atoms with Crippen LogP contribution < -0.4 is 10.6 Å². The zero-order valence-corrected chi connectivity index (χ0v) is 17.4. The molecule has 10 heteroatoms. The quantitative estimate of drug-likeness (QED) is 0.522. The van der Waals surface area contributed by atoms with E-state index in [0.717, 1.165) is 22.3 Å². The van der Waals surface area contributed by atoms with Crippen LogP contribution in [0.5, 0.6) is 0 Å². The first kappa shape index (κ1) is 20.7. The smallest absolute Gasteiger partial charge is 0.412 e. The Morgan fingerprint density at radius 1 is 1.03 bits per heavy atom. The van der Waals surface area contributed by atoms with Crippen molar-refractivity contribution in [3.63, 3.8) is 0 Å². The van der Waals surface area contributed by atoms with E-state index in [-0.39, 0.29) is 24.0 Å². The van der Waals surface area contributed by atoms with Crippen LogP contribution in [0.2, 0.25) is 0 Å². The molecule has 10 nitrogen and oxygen atoms in total. The fourth-order valence-electron chi connectivity index (χ4n) is 4.35. The lowest BCUT2D eigenvalue weighted by molar-refractivity contribution is -0.148. The first-order valence-corrected chi connectivity index (χ1v) is 10.5. The first-order valence-electron chi connectivity index (χ1n) is 10.5. The normalized spacial score (nSPS) is 15.6. The molecule has 168 valence electrons. The van der Waals surface area contributed by atoms with Gasteiger partial charge in [-0.05, 0) is 51.8 Å². The third kappa shape index (κ3) is 3.59. The van der Waals surface area contributed by atoms with E-state index in [1.165, 1.54) is 0 Å². The minimum absolute atomic E-state index is 0.0782. The molecule has 2 aromatic carbocycles. The fourth-order valence-corrected chi connectivity index (χ4v) is 4.35. The average molecular weight is 448 g/mol. The van der Waals surface area contributed by atoms with Crippen LogP contribution in [-0.2, 0) is 9.53 Å². The Balaban J connectivity index is 1.26. The molecule has 0 atom stereocenters. The second-order valence-electron chi connectivity index (χ2n) is 8.11. The molecular formula is C23H20N4O6. The summed E-state index contributed by atoms with van der Waals surface area (Å²) in [7, 11) is 0. The zero-order valence-electron chi connectivity index (χ0n) is 17.4. The Kier molecular flexibility index (Phi) is 5.04. The molecule has 3 aromatic rings. The number of fused-ring (bicyclic) bond motifs is 3. The molecule has 0 unspecified atom stereocenters. The number of aromatic nitrogens is 2. The predicted octanol–water partition coefficient (Wildman–Crippen LogP) is 3.17. The summed E-state index contributed by atoms with van der Waals surface area (Å²) in [6.07, 6.45) is 0.482. The minimum Gasteiger partial charge on any atom is -0.480 e. The van der Waals surface area contributed by atoms with Gasteiger partial charge in [-0.3, -0.25) is 10.1 Å². The van der Waals surface area contributed by atoms with Crippen LogP contribution in [0.15, 0.2) is 53.2 Å².